The summed E-state index contributed by atoms with van der Waals surface area (Å²) in [6, 6.07) is 11.4. The van der Waals surface area contributed by atoms with E-state index in [4.69, 9.17) is 11.6 Å². The molecule has 0 aliphatic carbocycles. The van der Waals surface area contributed by atoms with E-state index >= 15 is 0 Å². The van der Waals surface area contributed by atoms with E-state index in [0.717, 1.165) is 16.2 Å². The standard InChI is InChI=1S/C16H14ClN3OS/c1-11-5-6-14(13(17)8-11)19-15(21)10-22-16-18-9-12-4-2-3-7-20(12)16/h2-9H,10H2,1H3,(H,19,21). The molecule has 0 aliphatic rings. The van der Waals surface area contributed by atoms with Crippen LogP contribution in [0.3, 0.4) is 0 Å². The number of carbonyl (C=O) groups excluding carboxylic acids is 1. The number of halogens is 1. The first kappa shape index (κ1) is 14.9. The Morgan fingerprint density at radius 3 is 3.05 bits per heavy atom. The highest BCUT2D eigenvalue weighted by Crippen LogP contribution is 2.24. The molecule has 0 spiro atoms. The Morgan fingerprint density at radius 2 is 2.23 bits per heavy atom. The Morgan fingerprint density at radius 1 is 1.36 bits per heavy atom. The Hall–Kier alpha value is -1.98. The fourth-order valence-corrected chi connectivity index (χ4v) is 3.11. The van der Waals surface area contributed by atoms with Gasteiger partial charge in [0.2, 0.25) is 5.91 Å². The molecule has 6 heteroatoms. The van der Waals surface area contributed by atoms with Crippen molar-refractivity contribution in [2.45, 2.75) is 12.1 Å². The number of hydrogen-bond donors (Lipinski definition) is 1. The molecule has 0 radical (unpaired) electrons. The largest absolute Gasteiger partial charge is 0.324 e. The highest BCUT2D eigenvalue weighted by molar-refractivity contribution is 7.99. The van der Waals surface area contributed by atoms with Crippen LogP contribution in [0.2, 0.25) is 5.02 Å². The quantitative estimate of drug-likeness (QED) is 0.734. The lowest BCUT2D eigenvalue weighted by molar-refractivity contribution is -0.113. The van der Waals surface area contributed by atoms with E-state index in [-0.39, 0.29) is 11.7 Å². The molecule has 0 fully saturated rings. The van der Waals surface area contributed by atoms with Gasteiger partial charge in [-0.15, -0.1) is 0 Å². The lowest BCUT2D eigenvalue weighted by Crippen LogP contribution is -2.14. The first-order valence-electron chi connectivity index (χ1n) is 6.74. The summed E-state index contributed by atoms with van der Waals surface area (Å²) in [7, 11) is 0. The molecular formula is C16H14ClN3OS. The molecule has 0 aliphatic heterocycles. The highest BCUT2D eigenvalue weighted by atomic mass is 35.5. The minimum atomic E-state index is -0.108. The Kier molecular flexibility index (Phi) is 4.36. The summed E-state index contributed by atoms with van der Waals surface area (Å²) in [5.41, 5.74) is 2.69. The van der Waals surface area contributed by atoms with Gasteiger partial charge in [0.25, 0.3) is 0 Å². The van der Waals surface area contributed by atoms with Gasteiger partial charge >= 0.3 is 0 Å². The van der Waals surface area contributed by atoms with Crippen LogP contribution in [0.5, 0.6) is 0 Å². The number of thioether (sulfide) groups is 1. The fourth-order valence-electron chi connectivity index (χ4n) is 2.06. The molecule has 2 heterocycles. The van der Waals surface area contributed by atoms with Crippen LogP contribution in [0.15, 0.2) is 53.9 Å². The number of rotatable bonds is 4. The van der Waals surface area contributed by atoms with E-state index in [9.17, 15) is 4.79 Å². The first-order valence-corrected chi connectivity index (χ1v) is 8.11. The summed E-state index contributed by atoms with van der Waals surface area (Å²) in [6.45, 7) is 1.96. The number of amides is 1. The minimum Gasteiger partial charge on any atom is -0.324 e. The van der Waals surface area contributed by atoms with Gasteiger partial charge in [-0.25, -0.2) is 4.98 Å². The molecule has 0 bridgehead atoms. The molecule has 0 saturated heterocycles. The maximum atomic E-state index is 12.1. The number of benzene rings is 1. The van der Waals surface area contributed by atoms with E-state index in [1.807, 2.05) is 53.9 Å². The zero-order valence-electron chi connectivity index (χ0n) is 11.9. The lowest BCUT2D eigenvalue weighted by Gasteiger charge is -2.07. The maximum Gasteiger partial charge on any atom is 0.234 e. The second-order valence-corrected chi connectivity index (χ2v) is 6.21. The van der Waals surface area contributed by atoms with Crippen molar-refractivity contribution in [3.05, 3.63) is 59.4 Å². The third kappa shape index (κ3) is 3.26. The predicted octanol–water partition coefficient (Wildman–Crippen LogP) is 4.03. The van der Waals surface area contributed by atoms with Crippen molar-refractivity contribution in [2.75, 3.05) is 11.1 Å². The van der Waals surface area contributed by atoms with E-state index in [0.29, 0.717) is 10.7 Å². The molecule has 3 rings (SSSR count). The average Bonchev–Trinajstić information content (AvgIpc) is 2.91. The molecule has 1 aromatic carbocycles. The number of nitrogens with zero attached hydrogens (tertiary/aromatic N) is 2. The summed E-state index contributed by atoms with van der Waals surface area (Å²) in [4.78, 5) is 16.4. The van der Waals surface area contributed by atoms with Crippen LogP contribution < -0.4 is 5.32 Å². The van der Waals surface area contributed by atoms with E-state index in [1.54, 1.807) is 6.20 Å². The van der Waals surface area contributed by atoms with Gasteiger partial charge in [-0.05, 0) is 36.8 Å². The summed E-state index contributed by atoms with van der Waals surface area (Å²) in [6.07, 6.45) is 3.72. The average molecular weight is 332 g/mol. The fraction of sp³-hybridized carbons (Fsp3) is 0.125. The molecule has 0 unspecified atom stereocenters. The number of fused-ring (bicyclic) bond motifs is 1. The third-order valence-corrected chi connectivity index (χ3v) is 4.42. The minimum absolute atomic E-state index is 0.108. The topological polar surface area (TPSA) is 46.4 Å². The zero-order chi connectivity index (χ0) is 15.5. The molecule has 0 saturated carbocycles. The number of imidazole rings is 1. The van der Waals surface area contributed by atoms with Gasteiger partial charge in [-0.2, -0.15) is 0 Å². The number of hydrogen-bond acceptors (Lipinski definition) is 3. The van der Waals surface area contributed by atoms with Crippen LogP contribution in [0.25, 0.3) is 5.52 Å². The van der Waals surface area contributed by atoms with E-state index in [1.165, 1.54) is 11.8 Å². The summed E-state index contributed by atoms with van der Waals surface area (Å²) >= 11 is 7.50. The van der Waals surface area contributed by atoms with Crippen LogP contribution in [-0.2, 0) is 4.79 Å². The second kappa shape index (κ2) is 6.42. The van der Waals surface area contributed by atoms with Crippen LogP contribution >= 0.6 is 23.4 Å². The van der Waals surface area contributed by atoms with E-state index in [2.05, 4.69) is 10.3 Å². The predicted molar refractivity (Wildman–Crippen MR) is 90.7 cm³/mol. The molecule has 2 aromatic heterocycles. The molecule has 1 N–H and O–H groups in total. The van der Waals surface area contributed by atoms with Gasteiger partial charge in [0.05, 0.1) is 28.2 Å². The number of nitrogens with one attached hydrogen (secondary N) is 1. The SMILES string of the molecule is Cc1ccc(NC(=O)CSc2ncc3ccccn23)c(Cl)c1. The van der Waals surface area contributed by atoms with Gasteiger partial charge in [-0.3, -0.25) is 9.20 Å². The number of aryl methyl sites for hydroxylation is 1. The molecular weight excluding hydrogens is 318 g/mol. The first-order chi connectivity index (χ1) is 10.6. The normalized spacial score (nSPS) is 10.8. The molecule has 3 aromatic rings. The van der Waals surface area contributed by atoms with Gasteiger partial charge in [0.15, 0.2) is 5.16 Å². The van der Waals surface area contributed by atoms with Crippen molar-refractivity contribution >= 4 is 40.5 Å². The van der Waals surface area contributed by atoms with Gasteiger partial charge < -0.3 is 5.32 Å². The van der Waals surface area contributed by atoms with Crippen LogP contribution in [-0.4, -0.2) is 21.0 Å². The van der Waals surface area contributed by atoms with Crippen molar-refractivity contribution in [3.8, 4) is 0 Å². The van der Waals surface area contributed by atoms with E-state index < -0.39 is 0 Å². The maximum absolute atomic E-state index is 12.1. The van der Waals surface area contributed by atoms with Crippen molar-refractivity contribution in [2.24, 2.45) is 0 Å². The van der Waals surface area contributed by atoms with Crippen LogP contribution in [0, 0.1) is 6.92 Å². The number of carbonyl (C=O) groups is 1. The van der Waals surface area contributed by atoms with Crippen LogP contribution in [0.4, 0.5) is 5.69 Å². The Bertz CT molecular complexity index is 831. The number of anilines is 1. The van der Waals surface area contributed by atoms with Gasteiger partial charge in [0, 0.05) is 6.20 Å². The van der Waals surface area contributed by atoms with Gasteiger partial charge in [-0.1, -0.05) is 35.5 Å². The summed E-state index contributed by atoms with van der Waals surface area (Å²) in [5.74, 6) is 0.168. The Labute approximate surface area is 137 Å². The van der Waals surface area contributed by atoms with Crippen LogP contribution in [0.1, 0.15) is 5.56 Å². The Balaban J connectivity index is 1.65. The molecule has 0 atom stereocenters. The monoisotopic (exact) mass is 331 g/mol. The van der Waals surface area contributed by atoms with Crippen molar-refractivity contribution in [3.63, 3.8) is 0 Å². The van der Waals surface area contributed by atoms with Crippen molar-refractivity contribution in [1.82, 2.24) is 9.38 Å². The molecule has 112 valence electrons. The molecule has 1 amide bonds. The van der Waals surface area contributed by atoms with Gasteiger partial charge in [0.1, 0.15) is 0 Å². The summed E-state index contributed by atoms with van der Waals surface area (Å²) < 4.78 is 1.96. The molecule has 4 nitrogen and oxygen atoms in total. The highest BCUT2D eigenvalue weighted by Gasteiger charge is 2.09. The second-order valence-electron chi connectivity index (χ2n) is 4.86. The third-order valence-electron chi connectivity index (χ3n) is 3.14. The molecule has 22 heavy (non-hydrogen) atoms. The zero-order valence-corrected chi connectivity index (χ0v) is 13.5. The van der Waals surface area contributed by atoms with Crippen molar-refractivity contribution < 1.29 is 4.79 Å². The number of pyridine rings is 1. The number of aromatic nitrogens is 2. The summed E-state index contributed by atoms with van der Waals surface area (Å²) in [5, 5.41) is 4.16. The lowest BCUT2D eigenvalue weighted by atomic mass is 10.2. The smallest absolute Gasteiger partial charge is 0.234 e. The van der Waals surface area contributed by atoms with Crippen molar-refractivity contribution in [1.29, 1.82) is 0 Å².